The molecule has 0 aliphatic carbocycles. The fourth-order valence-corrected chi connectivity index (χ4v) is 3.05. The Hall–Kier alpha value is -4.07. The van der Waals surface area contributed by atoms with Gasteiger partial charge in [-0.2, -0.15) is 10.1 Å². The van der Waals surface area contributed by atoms with Crippen LogP contribution in [0.3, 0.4) is 0 Å². The molecule has 2 N–H and O–H groups in total. The van der Waals surface area contributed by atoms with Gasteiger partial charge in [-0.15, -0.1) is 0 Å². The second kappa shape index (κ2) is 7.51. The largest absolute Gasteiger partial charge is 0.350 e. The molecule has 0 bridgehead atoms. The van der Waals surface area contributed by atoms with E-state index in [1.54, 1.807) is 6.21 Å². The summed E-state index contributed by atoms with van der Waals surface area (Å²) in [5.41, 5.74) is 4.38. The Kier molecular flexibility index (Phi) is 4.74. The van der Waals surface area contributed by atoms with Crippen LogP contribution in [0.1, 0.15) is 16.1 Å². The molecule has 29 heavy (non-hydrogen) atoms. The summed E-state index contributed by atoms with van der Waals surface area (Å²) in [6.45, 7) is 0. The van der Waals surface area contributed by atoms with Crippen LogP contribution in [0.5, 0.6) is 0 Å². The average Bonchev–Trinajstić information content (AvgIpc) is 3.04. The smallest absolute Gasteiger partial charge is 0.346 e. The third-order valence-corrected chi connectivity index (χ3v) is 4.43. The third kappa shape index (κ3) is 3.81. The normalized spacial score (nSPS) is 11.2. The number of amides is 1. The van der Waals surface area contributed by atoms with Crippen molar-refractivity contribution in [3.05, 3.63) is 88.4 Å². The molecule has 2 heterocycles. The van der Waals surface area contributed by atoms with Gasteiger partial charge in [-0.25, -0.2) is 14.6 Å². The number of H-pyrrole nitrogens is 1. The summed E-state index contributed by atoms with van der Waals surface area (Å²) in [5.74, 6) is -0.997. The number of aromatic amines is 1. The van der Waals surface area contributed by atoms with Gasteiger partial charge in [0.15, 0.2) is 0 Å². The van der Waals surface area contributed by atoms with Crippen LogP contribution in [0.2, 0.25) is 0 Å². The Labute approximate surface area is 164 Å². The Morgan fingerprint density at radius 2 is 1.97 bits per heavy atom. The van der Waals surface area contributed by atoms with E-state index in [1.807, 2.05) is 42.1 Å². The third-order valence-electron chi connectivity index (χ3n) is 4.43. The molecule has 0 radical (unpaired) electrons. The molecular weight excluding hydrogens is 373 g/mol. The van der Waals surface area contributed by atoms with E-state index in [1.165, 1.54) is 30.3 Å². The standard InChI is InChI=1S/C21H16FN5O2/c1-27-12-14(16-4-2-3-5-19(16)27)11-23-26-20(28)18-10-17(24-21(29)25-18)13-6-8-15(22)9-7-13/h2-12H,1H3,(H,26,28)(H,24,25,29)/b23-11+. The van der Waals surface area contributed by atoms with Gasteiger partial charge in [0, 0.05) is 35.3 Å². The summed E-state index contributed by atoms with van der Waals surface area (Å²) < 4.78 is 15.1. The zero-order valence-corrected chi connectivity index (χ0v) is 15.4. The van der Waals surface area contributed by atoms with E-state index in [0.717, 1.165) is 16.5 Å². The maximum atomic E-state index is 13.1. The van der Waals surface area contributed by atoms with E-state index < -0.39 is 17.4 Å². The molecule has 0 spiro atoms. The van der Waals surface area contributed by atoms with Crippen LogP contribution in [-0.2, 0) is 7.05 Å². The number of para-hydroxylation sites is 1. The van der Waals surface area contributed by atoms with E-state index in [2.05, 4.69) is 20.5 Å². The number of hydrazone groups is 1. The first-order valence-corrected chi connectivity index (χ1v) is 8.76. The molecular formula is C21H16FN5O2. The minimum atomic E-state index is -0.685. The molecule has 144 valence electrons. The van der Waals surface area contributed by atoms with Crippen LogP contribution < -0.4 is 11.1 Å². The van der Waals surface area contributed by atoms with Crippen molar-refractivity contribution >= 4 is 23.0 Å². The van der Waals surface area contributed by atoms with Crippen LogP contribution in [0.4, 0.5) is 4.39 Å². The molecule has 4 aromatic rings. The van der Waals surface area contributed by atoms with Gasteiger partial charge in [0.25, 0.3) is 5.91 Å². The van der Waals surface area contributed by atoms with Crippen molar-refractivity contribution in [3.8, 4) is 11.3 Å². The summed E-state index contributed by atoms with van der Waals surface area (Å²) in [7, 11) is 1.93. The molecule has 0 aliphatic rings. The van der Waals surface area contributed by atoms with Gasteiger partial charge in [-0.1, -0.05) is 18.2 Å². The van der Waals surface area contributed by atoms with Gasteiger partial charge < -0.3 is 9.55 Å². The van der Waals surface area contributed by atoms with Crippen molar-refractivity contribution in [2.24, 2.45) is 12.1 Å². The van der Waals surface area contributed by atoms with Gasteiger partial charge in [0.1, 0.15) is 11.5 Å². The van der Waals surface area contributed by atoms with Gasteiger partial charge in [-0.05, 0) is 36.4 Å². The van der Waals surface area contributed by atoms with E-state index >= 15 is 0 Å². The SMILES string of the molecule is Cn1cc(/C=N/NC(=O)c2cc(-c3ccc(F)cc3)nc(=O)[nH]2)c2ccccc21. The fraction of sp³-hybridized carbons (Fsp3) is 0.0476. The highest BCUT2D eigenvalue weighted by molar-refractivity contribution is 6.00. The molecule has 0 saturated carbocycles. The van der Waals surface area contributed by atoms with Crippen LogP contribution in [0.15, 0.2) is 70.7 Å². The number of fused-ring (bicyclic) bond motifs is 1. The molecule has 0 unspecified atom stereocenters. The van der Waals surface area contributed by atoms with Crippen molar-refractivity contribution in [2.75, 3.05) is 0 Å². The summed E-state index contributed by atoms with van der Waals surface area (Å²) in [5, 5.41) is 5.00. The summed E-state index contributed by atoms with van der Waals surface area (Å²) >= 11 is 0. The molecule has 2 aromatic carbocycles. The molecule has 4 rings (SSSR count). The first-order valence-electron chi connectivity index (χ1n) is 8.76. The number of aromatic nitrogens is 3. The molecule has 7 nitrogen and oxygen atoms in total. The minimum absolute atomic E-state index is 0.000560. The first kappa shape index (κ1) is 18.3. The lowest BCUT2D eigenvalue weighted by molar-refractivity contribution is 0.0949. The number of nitrogens with one attached hydrogen (secondary N) is 2. The van der Waals surface area contributed by atoms with Gasteiger partial charge in [-0.3, -0.25) is 4.79 Å². The fourth-order valence-electron chi connectivity index (χ4n) is 3.05. The number of aryl methyl sites for hydroxylation is 1. The molecule has 0 saturated heterocycles. The predicted octanol–water partition coefficient (Wildman–Crippen LogP) is 2.83. The van der Waals surface area contributed by atoms with Crippen molar-refractivity contribution in [1.82, 2.24) is 20.0 Å². The Morgan fingerprint density at radius 1 is 1.21 bits per heavy atom. The van der Waals surface area contributed by atoms with Gasteiger partial charge >= 0.3 is 5.69 Å². The number of rotatable bonds is 4. The van der Waals surface area contributed by atoms with E-state index in [9.17, 15) is 14.0 Å². The number of halogens is 1. The quantitative estimate of drug-likeness (QED) is 0.415. The van der Waals surface area contributed by atoms with E-state index in [-0.39, 0.29) is 11.4 Å². The Bertz CT molecular complexity index is 1290. The van der Waals surface area contributed by atoms with Gasteiger partial charge in [0.2, 0.25) is 0 Å². The van der Waals surface area contributed by atoms with Crippen molar-refractivity contribution in [1.29, 1.82) is 0 Å². The van der Waals surface area contributed by atoms with Crippen molar-refractivity contribution < 1.29 is 9.18 Å². The Morgan fingerprint density at radius 3 is 2.76 bits per heavy atom. The first-order chi connectivity index (χ1) is 14.0. The number of nitrogens with zero attached hydrogens (tertiary/aromatic N) is 3. The summed E-state index contributed by atoms with van der Waals surface area (Å²) in [4.78, 5) is 30.5. The van der Waals surface area contributed by atoms with Gasteiger partial charge in [0.05, 0.1) is 11.9 Å². The molecule has 8 heteroatoms. The predicted molar refractivity (Wildman–Crippen MR) is 108 cm³/mol. The minimum Gasteiger partial charge on any atom is -0.350 e. The maximum Gasteiger partial charge on any atom is 0.346 e. The van der Waals surface area contributed by atoms with E-state index in [0.29, 0.717) is 5.56 Å². The monoisotopic (exact) mass is 389 g/mol. The van der Waals surface area contributed by atoms with Crippen LogP contribution in [0, 0.1) is 5.82 Å². The Balaban J connectivity index is 1.56. The molecule has 2 aromatic heterocycles. The van der Waals surface area contributed by atoms with Crippen molar-refractivity contribution in [3.63, 3.8) is 0 Å². The molecule has 0 aliphatic heterocycles. The van der Waals surface area contributed by atoms with E-state index in [4.69, 9.17) is 0 Å². The number of carbonyl (C=O) groups is 1. The van der Waals surface area contributed by atoms with Crippen LogP contribution >= 0.6 is 0 Å². The second-order valence-corrected chi connectivity index (χ2v) is 6.40. The zero-order valence-electron chi connectivity index (χ0n) is 15.4. The molecule has 0 fully saturated rings. The highest BCUT2D eigenvalue weighted by Gasteiger charge is 2.10. The number of benzene rings is 2. The lowest BCUT2D eigenvalue weighted by atomic mass is 10.1. The highest BCUT2D eigenvalue weighted by Crippen LogP contribution is 2.19. The second-order valence-electron chi connectivity index (χ2n) is 6.40. The summed E-state index contributed by atoms with van der Waals surface area (Å²) in [6.07, 6.45) is 3.45. The van der Waals surface area contributed by atoms with Crippen LogP contribution in [-0.4, -0.2) is 26.7 Å². The molecule has 0 atom stereocenters. The highest BCUT2D eigenvalue weighted by atomic mass is 19.1. The molecule has 1 amide bonds. The van der Waals surface area contributed by atoms with Crippen molar-refractivity contribution in [2.45, 2.75) is 0 Å². The average molecular weight is 389 g/mol. The lowest BCUT2D eigenvalue weighted by Gasteiger charge is -2.03. The topological polar surface area (TPSA) is 92.1 Å². The number of hydrogen-bond donors (Lipinski definition) is 2. The lowest BCUT2D eigenvalue weighted by Crippen LogP contribution is -2.24. The van der Waals surface area contributed by atoms with Crippen LogP contribution in [0.25, 0.3) is 22.2 Å². The summed E-state index contributed by atoms with van der Waals surface area (Å²) in [6, 6.07) is 14.7. The zero-order chi connectivity index (χ0) is 20.4. The maximum absolute atomic E-state index is 13.1. The number of hydrogen-bond acceptors (Lipinski definition) is 4. The number of carbonyl (C=O) groups excluding carboxylic acids is 1.